The highest BCUT2D eigenvalue weighted by atomic mass is 32.1. The Balaban J connectivity index is 1.74. The molecule has 0 spiro atoms. The van der Waals surface area contributed by atoms with Gasteiger partial charge in [-0.25, -0.2) is 0 Å². The van der Waals surface area contributed by atoms with E-state index >= 15 is 0 Å². The van der Waals surface area contributed by atoms with Crippen molar-refractivity contribution in [1.29, 1.82) is 0 Å². The number of ether oxygens (including phenoxy) is 1. The first-order valence-corrected chi connectivity index (χ1v) is 10.2. The largest absolute Gasteiger partial charge is 0.494 e. The van der Waals surface area contributed by atoms with Gasteiger partial charge in [-0.05, 0) is 54.8 Å². The Bertz CT molecular complexity index is 1030. The summed E-state index contributed by atoms with van der Waals surface area (Å²) in [7, 11) is 0. The van der Waals surface area contributed by atoms with Crippen molar-refractivity contribution in [2.45, 2.75) is 19.8 Å². The number of thiophene rings is 1. The molecule has 2 heterocycles. The van der Waals surface area contributed by atoms with Gasteiger partial charge in [-0.2, -0.15) is 0 Å². The highest BCUT2D eigenvalue weighted by molar-refractivity contribution is 7.13. The zero-order valence-electron chi connectivity index (χ0n) is 16.3. The fourth-order valence-electron chi connectivity index (χ4n) is 2.80. The second-order valence-electron chi connectivity index (χ2n) is 6.27. The lowest BCUT2D eigenvalue weighted by atomic mass is 10.2. The summed E-state index contributed by atoms with van der Waals surface area (Å²) >= 11 is 1.47. The van der Waals surface area contributed by atoms with Crippen LogP contribution in [0.4, 0.5) is 5.69 Å². The number of nitrogens with one attached hydrogen (secondary N) is 2. The van der Waals surface area contributed by atoms with Crippen LogP contribution in [0.3, 0.4) is 0 Å². The predicted octanol–water partition coefficient (Wildman–Crippen LogP) is 3.34. The van der Waals surface area contributed by atoms with Gasteiger partial charge in [0.15, 0.2) is 0 Å². The van der Waals surface area contributed by atoms with E-state index in [0.29, 0.717) is 29.4 Å². The summed E-state index contributed by atoms with van der Waals surface area (Å²) in [6.07, 6.45) is 0.115. The SMILES string of the molecule is CCOc1ccc(NC(=O)C(=O)Nn2c(CCC(=O)O)ccc2-c2cccs2)cc1. The topological polar surface area (TPSA) is 110 Å². The molecule has 9 heteroatoms. The number of anilines is 1. The van der Waals surface area contributed by atoms with E-state index in [1.807, 2.05) is 24.4 Å². The molecular formula is C21H21N3O5S. The van der Waals surface area contributed by atoms with Gasteiger partial charge in [0.05, 0.1) is 23.6 Å². The number of hydrogen-bond donors (Lipinski definition) is 3. The normalized spacial score (nSPS) is 10.4. The van der Waals surface area contributed by atoms with E-state index in [0.717, 1.165) is 4.88 Å². The van der Waals surface area contributed by atoms with Gasteiger partial charge >= 0.3 is 17.8 Å². The third-order valence-corrected chi connectivity index (χ3v) is 5.07. The van der Waals surface area contributed by atoms with Gasteiger partial charge in [-0.1, -0.05) is 6.07 Å². The number of aryl methyl sites for hydroxylation is 1. The maximum atomic E-state index is 12.5. The van der Waals surface area contributed by atoms with Crippen LogP contribution < -0.4 is 15.5 Å². The summed E-state index contributed by atoms with van der Waals surface area (Å²) < 4.78 is 6.82. The van der Waals surface area contributed by atoms with Gasteiger partial charge in [-0.3, -0.25) is 24.5 Å². The van der Waals surface area contributed by atoms with E-state index in [1.165, 1.54) is 16.0 Å². The second-order valence-corrected chi connectivity index (χ2v) is 7.22. The van der Waals surface area contributed by atoms with Crippen LogP contribution in [0.5, 0.6) is 5.75 Å². The predicted molar refractivity (Wildman–Crippen MR) is 114 cm³/mol. The van der Waals surface area contributed by atoms with Crippen molar-refractivity contribution in [2.75, 3.05) is 17.3 Å². The first kappa shape index (κ1) is 21.1. The number of carbonyl (C=O) groups is 3. The summed E-state index contributed by atoms with van der Waals surface area (Å²) in [5.41, 5.74) is 4.29. The van der Waals surface area contributed by atoms with Gasteiger partial charge in [0.25, 0.3) is 0 Å². The van der Waals surface area contributed by atoms with Crippen LogP contribution in [0.1, 0.15) is 19.0 Å². The molecule has 8 nitrogen and oxygen atoms in total. The lowest BCUT2D eigenvalue weighted by molar-refractivity contribution is -0.137. The molecule has 3 N–H and O–H groups in total. The summed E-state index contributed by atoms with van der Waals surface area (Å²) in [6.45, 7) is 2.40. The van der Waals surface area contributed by atoms with Crippen LogP contribution >= 0.6 is 11.3 Å². The Morgan fingerprint density at radius 1 is 1.07 bits per heavy atom. The van der Waals surface area contributed by atoms with E-state index < -0.39 is 17.8 Å². The molecular weight excluding hydrogens is 406 g/mol. The molecule has 0 fully saturated rings. The van der Waals surface area contributed by atoms with Crippen molar-refractivity contribution in [3.63, 3.8) is 0 Å². The number of carboxylic acid groups (broad SMARTS) is 1. The lowest BCUT2D eigenvalue weighted by Gasteiger charge is -2.14. The molecule has 0 radical (unpaired) electrons. The Morgan fingerprint density at radius 3 is 2.47 bits per heavy atom. The van der Waals surface area contributed by atoms with Crippen LogP contribution in [0.2, 0.25) is 0 Å². The average molecular weight is 427 g/mol. The second kappa shape index (κ2) is 9.75. The minimum absolute atomic E-state index is 0.0951. The first-order valence-electron chi connectivity index (χ1n) is 9.29. The van der Waals surface area contributed by atoms with Crippen molar-refractivity contribution in [1.82, 2.24) is 4.68 Å². The molecule has 0 bridgehead atoms. The Morgan fingerprint density at radius 2 is 1.83 bits per heavy atom. The summed E-state index contributed by atoms with van der Waals surface area (Å²) in [6, 6.07) is 13.9. The van der Waals surface area contributed by atoms with Gasteiger partial charge in [0, 0.05) is 17.8 Å². The number of rotatable bonds is 8. The van der Waals surface area contributed by atoms with Crippen molar-refractivity contribution >= 4 is 34.8 Å². The molecule has 3 aromatic rings. The third-order valence-electron chi connectivity index (χ3n) is 4.17. The molecule has 3 rings (SSSR count). The van der Waals surface area contributed by atoms with Crippen LogP contribution in [-0.2, 0) is 20.8 Å². The molecule has 0 aliphatic rings. The molecule has 1 aromatic carbocycles. The molecule has 156 valence electrons. The summed E-state index contributed by atoms with van der Waals surface area (Å²) in [4.78, 5) is 36.7. The molecule has 0 unspecified atom stereocenters. The summed E-state index contributed by atoms with van der Waals surface area (Å²) in [5.74, 6) is -1.99. The number of carboxylic acids is 1. The summed E-state index contributed by atoms with van der Waals surface area (Å²) in [5, 5.41) is 13.4. The van der Waals surface area contributed by atoms with Crippen LogP contribution in [0.15, 0.2) is 53.9 Å². The molecule has 30 heavy (non-hydrogen) atoms. The number of carbonyl (C=O) groups excluding carboxylic acids is 2. The van der Waals surface area contributed by atoms with E-state index in [1.54, 1.807) is 36.4 Å². The van der Waals surface area contributed by atoms with Crippen LogP contribution in [0, 0.1) is 0 Å². The number of aromatic nitrogens is 1. The number of hydrogen-bond acceptors (Lipinski definition) is 5. The molecule has 0 atom stereocenters. The van der Waals surface area contributed by atoms with Gasteiger partial charge in [0.2, 0.25) is 0 Å². The zero-order valence-corrected chi connectivity index (χ0v) is 17.1. The molecule has 2 amide bonds. The smallest absolute Gasteiger partial charge is 0.328 e. The molecule has 0 saturated carbocycles. The number of aliphatic carboxylic acids is 1. The monoisotopic (exact) mass is 427 g/mol. The Hall–Kier alpha value is -3.59. The van der Waals surface area contributed by atoms with Crippen molar-refractivity contribution in [3.8, 4) is 16.3 Å². The van der Waals surface area contributed by atoms with E-state index in [2.05, 4.69) is 10.7 Å². The molecule has 2 aromatic heterocycles. The lowest BCUT2D eigenvalue weighted by Crippen LogP contribution is -2.35. The maximum absolute atomic E-state index is 12.5. The van der Waals surface area contributed by atoms with Crippen LogP contribution in [-0.4, -0.2) is 34.2 Å². The first-order chi connectivity index (χ1) is 14.5. The fraction of sp³-hybridized carbons (Fsp3) is 0.190. The zero-order chi connectivity index (χ0) is 21.5. The number of amides is 2. The van der Waals surface area contributed by atoms with Crippen molar-refractivity contribution < 1.29 is 24.2 Å². The maximum Gasteiger partial charge on any atom is 0.328 e. The number of nitrogens with zero attached hydrogens (tertiary/aromatic N) is 1. The third kappa shape index (κ3) is 5.26. The van der Waals surface area contributed by atoms with Crippen molar-refractivity contribution in [2.24, 2.45) is 0 Å². The Labute approximate surface area is 177 Å². The standard InChI is InChI=1S/C21H21N3O5S/c1-2-29-16-9-5-14(6-10-16)22-20(27)21(28)23-24-15(8-12-19(25)26)7-11-17(24)18-4-3-13-30-18/h3-7,9-11,13H,2,8,12H2,1H3,(H,22,27)(H,23,28)(H,25,26). The fourth-order valence-corrected chi connectivity index (χ4v) is 3.54. The van der Waals surface area contributed by atoms with E-state index in [-0.39, 0.29) is 12.8 Å². The minimum Gasteiger partial charge on any atom is -0.494 e. The van der Waals surface area contributed by atoms with E-state index in [4.69, 9.17) is 9.84 Å². The average Bonchev–Trinajstić information content (AvgIpc) is 3.38. The number of benzene rings is 1. The molecule has 0 aliphatic carbocycles. The highest BCUT2D eigenvalue weighted by Crippen LogP contribution is 2.26. The Kier molecular flexibility index (Phi) is 6.87. The van der Waals surface area contributed by atoms with E-state index in [9.17, 15) is 14.4 Å². The quantitative estimate of drug-likeness (QED) is 0.478. The minimum atomic E-state index is -0.944. The molecule has 0 aliphatic heterocycles. The van der Waals surface area contributed by atoms with Crippen molar-refractivity contribution in [3.05, 3.63) is 59.6 Å². The van der Waals surface area contributed by atoms with Gasteiger partial charge < -0.3 is 15.2 Å². The van der Waals surface area contributed by atoms with Gasteiger partial charge in [-0.15, -0.1) is 11.3 Å². The highest BCUT2D eigenvalue weighted by Gasteiger charge is 2.19. The van der Waals surface area contributed by atoms with Gasteiger partial charge in [0.1, 0.15) is 5.75 Å². The molecule has 0 saturated heterocycles. The van der Waals surface area contributed by atoms with Crippen LogP contribution in [0.25, 0.3) is 10.6 Å².